The SMILES string of the molecule is CC(=O)c1c(C)cccc1-n1ccccc1=O. The molecular weight excluding hydrogens is 214 g/mol. The van der Waals surface area contributed by atoms with Gasteiger partial charge in [0.1, 0.15) is 0 Å². The molecule has 0 aliphatic rings. The summed E-state index contributed by atoms with van der Waals surface area (Å²) in [5.74, 6) is -0.0335. The fraction of sp³-hybridized carbons (Fsp3) is 0.143. The van der Waals surface area contributed by atoms with Gasteiger partial charge in [-0.25, -0.2) is 0 Å². The van der Waals surface area contributed by atoms with E-state index in [-0.39, 0.29) is 11.3 Å². The largest absolute Gasteiger partial charge is 0.294 e. The molecule has 2 rings (SSSR count). The van der Waals surface area contributed by atoms with E-state index in [4.69, 9.17) is 0 Å². The number of rotatable bonds is 2. The number of carbonyl (C=O) groups excluding carboxylic acids is 1. The van der Waals surface area contributed by atoms with Crippen molar-refractivity contribution in [3.8, 4) is 5.69 Å². The predicted octanol–water partition coefficient (Wildman–Crippen LogP) is 2.35. The number of ketones is 1. The van der Waals surface area contributed by atoms with Gasteiger partial charge in [-0.2, -0.15) is 0 Å². The van der Waals surface area contributed by atoms with Crippen molar-refractivity contribution in [1.29, 1.82) is 0 Å². The van der Waals surface area contributed by atoms with Gasteiger partial charge in [0.05, 0.1) is 5.69 Å². The minimum atomic E-state index is -0.138. The van der Waals surface area contributed by atoms with Crippen LogP contribution in [0.4, 0.5) is 0 Å². The Kier molecular flexibility index (Phi) is 2.91. The van der Waals surface area contributed by atoms with Gasteiger partial charge in [0.25, 0.3) is 5.56 Å². The highest BCUT2D eigenvalue weighted by Gasteiger charge is 2.11. The molecule has 1 heterocycles. The molecule has 0 atom stereocenters. The minimum Gasteiger partial charge on any atom is -0.294 e. The number of pyridine rings is 1. The van der Waals surface area contributed by atoms with Crippen LogP contribution in [-0.2, 0) is 0 Å². The van der Waals surface area contributed by atoms with Crippen LogP contribution in [0.3, 0.4) is 0 Å². The lowest BCUT2D eigenvalue weighted by Crippen LogP contribution is -2.18. The first-order valence-electron chi connectivity index (χ1n) is 5.40. The van der Waals surface area contributed by atoms with Crippen LogP contribution in [0.5, 0.6) is 0 Å². The molecule has 1 aromatic carbocycles. The molecular formula is C14H13NO2. The Balaban J connectivity index is 2.77. The van der Waals surface area contributed by atoms with Crippen molar-refractivity contribution in [2.45, 2.75) is 13.8 Å². The quantitative estimate of drug-likeness (QED) is 0.739. The fourth-order valence-electron chi connectivity index (χ4n) is 1.94. The maximum absolute atomic E-state index is 11.8. The van der Waals surface area contributed by atoms with Crippen LogP contribution in [-0.4, -0.2) is 10.4 Å². The maximum Gasteiger partial charge on any atom is 0.255 e. The summed E-state index contributed by atoms with van der Waals surface area (Å²) in [5.41, 5.74) is 1.98. The van der Waals surface area contributed by atoms with E-state index in [1.165, 1.54) is 17.6 Å². The van der Waals surface area contributed by atoms with Crippen molar-refractivity contribution in [1.82, 2.24) is 4.57 Å². The Morgan fingerprint density at radius 3 is 2.53 bits per heavy atom. The minimum absolute atomic E-state index is 0.0335. The van der Waals surface area contributed by atoms with E-state index < -0.39 is 0 Å². The van der Waals surface area contributed by atoms with Crippen LogP contribution in [0.1, 0.15) is 22.8 Å². The first-order chi connectivity index (χ1) is 8.11. The second-order valence-corrected chi connectivity index (χ2v) is 3.93. The predicted molar refractivity (Wildman–Crippen MR) is 66.8 cm³/mol. The molecule has 0 fully saturated rings. The normalized spacial score (nSPS) is 10.2. The molecule has 3 heteroatoms. The molecule has 0 unspecified atom stereocenters. The van der Waals surface area contributed by atoms with Gasteiger partial charge in [-0.15, -0.1) is 0 Å². The van der Waals surface area contributed by atoms with E-state index in [0.717, 1.165) is 5.56 Å². The number of hydrogen-bond acceptors (Lipinski definition) is 2. The third kappa shape index (κ3) is 2.04. The molecule has 0 saturated heterocycles. The lowest BCUT2D eigenvalue weighted by atomic mass is 10.0. The van der Waals surface area contributed by atoms with Crippen molar-refractivity contribution in [3.63, 3.8) is 0 Å². The highest BCUT2D eigenvalue weighted by molar-refractivity contribution is 5.99. The van der Waals surface area contributed by atoms with Gasteiger partial charge in [-0.05, 0) is 31.5 Å². The topological polar surface area (TPSA) is 39.1 Å². The number of aromatic nitrogens is 1. The smallest absolute Gasteiger partial charge is 0.255 e. The molecule has 17 heavy (non-hydrogen) atoms. The van der Waals surface area contributed by atoms with E-state index in [1.807, 2.05) is 19.1 Å². The lowest BCUT2D eigenvalue weighted by Gasteiger charge is -2.11. The highest BCUT2D eigenvalue weighted by atomic mass is 16.1. The van der Waals surface area contributed by atoms with Gasteiger partial charge < -0.3 is 0 Å². The van der Waals surface area contributed by atoms with Gasteiger partial charge in [0.15, 0.2) is 5.78 Å². The molecule has 2 aromatic rings. The highest BCUT2D eigenvalue weighted by Crippen LogP contribution is 2.17. The molecule has 0 aliphatic carbocycles. The van der Waals surface area contributed by atoms with E-state index in [2.05, 4.69) is 0 Å². The molecule has 3 nitrogen and oxygen atoms in total. The number of hydrogen-bond donors (Lipinski definition) is 0. The van der Waals surface area contributed by atoms with Gasteiger partial charge in [0, 0.05) is 17.8 Å². The van der Waals surface area contributed by atoms with Crippen LogP contribution in [0.2, 0.25) is 0 Å². The molecule has 0 radical (unpaired) electrons. The third-order valence-electron chi connectivity index (χ3n) is 2.68. The van der Waals surface area contributed by atoms with Crippen molar-refractivity contribution in [2.24, 2.45) is 0 Å². The summed E-state index contributed by atoms with van der Waals surface area (Å²) >= 11 is 0. The van der Waals surface area contributed by atoms with Crippen molar-refractivity contribution in [3.05, 3.63) is 64.1 Å². The van der Waals surface area contributed by atoms with Crippen molar-refractivity contribution in [2.75, 3.05) is 0 Å². The number of aryl methyl sites for hydroxylation is 1. The Morgan fingerprint density at radius 2 is 1.88 bits per heavy atom. The second kappa shape index (κ2) is 4.37. The Labute approximate surface area is 99.3 Å². The second-order valence-electron chi connectivity index (χ2n) is 3.93. The van der Waals surface area contributed by atoms with Crippen molar-refractivity contribution < 1.29 is 4.79 Å². The first kappa shape index (κ1) is 11.3. The first-order valence-corrected chi connectivity index (χ1v) is 5.40. The van der Waals surface area contributed by atoms with E-state index in [9.17, 15) is 9.59 Å². The van der Waals surface area contributed by atoms with Crippen LogP contribution < -0.4 is 5.56 Å². The van der Waals surface area contributed by atoms with Crippen LogP contribution in [0.25, 0.3) is 5.69 Å². The summed E-state index contributed by atoms with van der Waals surface area (Å²) in [4.78, 5) is 23.4. The average Bonchev–Trinajstić information content (AvgIpc) is 2.28. The number of Topliss-reactive ketones (excluding diaryl/α,β-unsaturated/α-hetero) is 1. The van der Waals surface area contributed by atoms with E-state index >= 15 is 0 Å². The molecule has 1 aromatic heterocycles. The van der Waals surface area contributed by atoms with E-state index in [1.54, 1.807) is 24.4 Å². The number of benzene rings is 1. The van der Waals surface area contributed by atoms with Gasteiger partial charge in [-0.3, -0.25) is 14.2 Å². The standard InChI is InChI=1S/C14H13NO2/c1-10-6-5-7-12(14(10)11(2)16)15-9-4-3-8-13(15)17/h3-9H,1-2H3. The zero-order valence-electron chi connectivity index (χ0n) is 9.81. The van der Waals surface area contributed by atoms with E-state index in [0.29, 0.717) is 11.3 Å². The third-order valence-corrected chi connectivity index (χ3v) is 2.68. The Morgan fingerprint density at radius 1 is 1.12 bits per heavy atom. The lowest BCUT2D eigenvalue weighted by molar-refractivity contribution is 0.101. The van der Waals surface area contributed by atoms with Crippen LogP contribution >= 0.6 is 0 Å². The summed E-state index contributed by atoms with van der Waals surface area (Å²) in [6.07, 6.45) is 1.67. The number of nitrogens with zero attached hydrogens (tertiary/aromatic N) is 1. The summed E-state index contributed by atoms with van der Waals surface area (Å²) in [6.45, 7) is 3.38. The number of carbonyl (C=O) groups is 1. The summed E-state index contributed by atoms with van der Waals surface area (Å²) in [7, 11) is 0. The molecule has 0 spiro atoms. The Bertz CT molecular complexity index is 626. The maximum atomic E-state index is 11.8. The fourth-order valence-corrected chi connectivity index (χ4v) is 1.94. The van der Waals surface area contributed by atoms with Gasteiger partial charge >= 0.3 is 0 Å². The average molecular weight is 227 g/mol. The summed E-state index contributed by atoms with van der Waals surface area (Å²) < 4.78 is 1.49. The molecule has 0 N–H and O–H groups in total. The molecule has 0 aliphatic heterocycles. The molecule has 0 bridgehead atoms. The van der Waals surface area contributed by atoms with Crippen LogP contribution in [0.15, 0.2) is 47.4 Å². The van der Waals surface area contributed by atoms with Crippen molar-refractivity contribution >= 4 is 5.78 Å². The summed E-state index contributed by atoms with van der Waals surface area (Å²) in [6, 6.07) is 10.4. The Hall–Kier alpha value is -2.16. The molecule has 86 valence electrons. The van der Waals surface area contributed by atoms with Gasteiger partial charge in [0.2, 0.25) is 0 Å². The summed E-state index contributed by atoms with van der Waals surface area (Å²) in [5, 5.41) is 0. The van der Waals surface area contributed by atoms with Gasteiger partial charge in [-0.1, -0.05) is 18.2 Å². The zero-order valence-corrected chi connectivity index (χ0v) is 9.81. The molecule has 0 saturated carbocycles. The monoisotopic (exact) mass is 227 g/mol. The molecule has 0 amide bonds. The zero-order chi connectivity index (χ0) is 12.4. The van der Waals surface area contributed by atoms with Crippen LogP contribution in [0, 0.1) is 6.92 Å².